The van der Waals surface area contributed by atoms with E-state index >= 15 is 0 Å². The lowest BCUT2D eigenvalue weighted by Crippen LogP contribution is -2.48. The molecule has 1 aromatic carbocycles. The maximum absolute atomic E-state index is 13.9. The van der Waals surface area contributed by atoms with Gasteiger partial charge in [0.25, 0.3) is 0 Å². The van der Waals surface area contributed by atoms with Crippen LogP contribution in [0.2, 0.25) is 0 Å². The van der Waals surface area contributed by atoms with E-state index in [4.69, 9.17) is 0 Å². The number of halogens is 3. The van der Waals surface area contributed by atoms with Gasteiger partial charge in [-0.15, -0.1) is 0 Å². The molecule has 1 aromatic rings. The normalized spacial score (nSPS) is 26.4. The summed E-state index contributed by atoms with van der Waals surface area (Å²) in [5, 5.41) is 9.51. The summed E-state index contributed by atoms with van der Waals surface area (Å²) >= 11 is 0. The molecule has 1 aliphatic carbocycles. The van der Waals surface area contributed by atoms with E-state index in [-0.39, 0.29) is 30.4 Å². The fraction of sp³-hybridized carbons (Fsp3) is 0.692. The first-order chi connectivity index (χ1) is 16.0. The van der Waals surface area contributed by atoms with Gasteiger partial charge in [0.2, 0.25) is 5.91 Å². The lowest BCUT2D eigenvalue weighted by Gasteiger charge is -2.40. The maximum Gasteiger partial charge on any atom is 0.416 e. The van der Waals surface area contributed by atoms with Crippen molar-refractivity contribution in [3.63, 3.8) is 0 Å². The molecule has 0 aromatic heterocycles. The van der Waals surface area contributed by atoms with Crippen molar-refractivity contribution < 1.29 is 27.9 Å². The van der Waals surface area contributed by atoms with E-state index in [1.807, 2.05) is 0 Å². The van der Waals surface area contributed by atoms with Gasteiger partial charge in [0.15, 0.2) is 0 Å². The van der Waals surface area contributed by atoms with E-state index in [9.17, 15) is 27.9 Å². The number of hydrogen-bond acceptors (Lipinski definition) is 3. The van der Waals surface area contributed by atoms with Crippen LogP contribution in [0.5, 0.6) is 0 Å². The number of fused-ring (bicyclic) bond motifs is 1. The molecule has 0 bridgehead atoms. The monoisotopic (exact) mass is 480 g/mol. The highest BCUT2D eigenvalue weighted by atomic mass is 19.4. The van der Waals surface area contributed by atoms with Gasteiger partial charge in [0, 0.05) is 19.1 Å². The number of carboxylic acid groups (broad SMARTS) is 1. The van der Waals surface area contributed by atoms with Crippen molar-refractivity contribution in [1.29, 1.82) is 0 Å². The summed E-state index contributed by atoms with van der Waals surface area (Å²) in [7, 11) is 0. The van der Waals surface area contributed by atoms with Crippen molar-refractivity contribution in [1.82, 2.24) is 9.80 Å². The number of alkyl halides is 3. The van der Waals surface area contributed by atoms with Gasteiger partial charge < -0.3 is 14.9 Å². The Hall–Kier alpha value is -2.09. The Morgan fingerprint density at radius 1 is 1.09 bits per heavy atom. The van der Waals surface area contributed by atoms with Crippen LogP contribution in [-0.2, 0) is 23.9 Å². The molecule has 8 heteroatoms. The van der Waals surface area contributed by atoms with Gasteiger partial charge in [-0.05, 0) is 80.8 Å². The molecule has 3 aliphatic rings. The number of carbonyl (C=O) groups excluding carboxylic acids is 1. The minimum Gasteiger partial charge on any atom is -0.478 e. The quantitative estimate of drug-likeness (QED) is 0.630. The highest BCUT2D eigenvalue weighted by molar-refractivity contribution is 5.91. The largest absolute Gasteiger partial charge is 0.478 e. The molecule has 0 radical (unpaired) electrons. The van der Waals surface area contributed by atoms with Crippen molar-refractivity contribution in [3.8, 4) is 0 Å². The lowest BCUT2D eigenvalue weighted by molar-refractivity contribution is -0.146. The third-order valence-corrected chi connectivity index (χ3v) is 8.39. The Labute approximate surface area is 199 Å². The average Bonchev–Trinajstić information content (AvgIpc) is 3.07. The molecular weight excluding hydrogens is 445 g/mol. The number of carboxylic acids is 1. The second kappa shape index (κ2) is 9.51. The first-order valence-electron chi connectivity index (χ1n) is 12.5. The summed E-state index contributed by atoms with van der Waals surface area (Å²) in [4.78, 5) is 29.8. The number of benzene rings is 1. The Bertz CT molecular complexity index is 938. The summed E-state index contributed by atoms with van der Waals surface area (Å²) in [5.41, 5.74) is -1.09. The summed E-state index contributed by atoms with van der Waals surface area (Å²) in [5.74, 6) is -1.23. The Morgan fingerprint density at radius 3 is 2.35 bits per heavy atom. The maximum atomic E-state index is 13.9. The van der Waals surface area contributed by atoms with Crippen LogP contribution >= 0.6 is 0 Å². The minimum absolute atomic E-state index is 0.0137. The lowest BCUT2D eigenvalue weighted by atomic mass is 9.73. The summed E-state index contributed by atoms with van der Waals surface area (Å²) in [6.07, 6.45) is 3.04. The van der Waals surface area contributed by atoms with Gasteiger partial charge in [0.05, 0.1) is 16.5 Å². The van der Waals surface area contributed by atoms with Crippen LogP contribution in [-0.4, -0.2) is 52.5 Å². The van der Waals surface area contributed by atoms with Crippen LogP contribution in [0.1, 0.15) is 85.8 Å². The number of rotatable bonds is 4. The third kappa shape index (κ3) is 4.70. The molecule has 2 atom stereocenters. The van der Waals surface area contributed by atoms with Crippen LogP contribution in [0.4, 0.5) is 13.2 Å². The van der Waals surface area contributed by atoms with Gasteiger partial charge in [-0.2, -0.15) is 13.2 Å². The molecule has 0 spiro atoms. The molecule has 34 heavy (non-hydrogen) atoms. The topological polar surface area (TPSA) is 60.9 Å². The van der Waals surface area contributed by atoms with Crippen molar-refractivity contribution >= 4 is 11.9 Å². The summed E-state index contributed by atoms with van der Waals surface area (Å²) < 4.78 is 40.3. The summed E-state index contributed by atoms with van der Waals surface area (Å²) in [6, 6.07) is 2.12. The van der Waals surface area contributed by atoms with E-state index in [1.165, 1.54) is 25.7 Å². The Morgan fingerprint density at radius 2 is 1.76 bits per heavy atom. The van der Waals surface area contributed by atoms with Gasteiger partial charge >= 0.3 is 12.1 Å². The third-order valence-electron chi connectivity index (χ3n) is 8.39. The van der Waals surface area contributed by atoms with Crippen molar-refractivity contribution in [2.45, 2.75) is 84.0 Å². The van der Waals surface area contributed by atoms with E-state index in [0.29, 0.717) is 23.7 Å². The van der Waals surface area contributed by atoms with Gasteiger partial charge in [-0.3, -0.25) is 4.79 Å². The van der Waals surface area contributed by atoms with Crippen LogP contribution < -0.4 is 0 Å². The number of aromatic carboxylic acids is 1. The molecule has 5 nitrogen and oxygen atoms in total. The fourth-order valence-corrected chi connectivity index (χ4v) is 6.33. The molecule has 0 unspecified atom stereocenters. The van der Waals surface area contributed by atoms with E-state index in [0.717, 1.165) is 44.5 Å². The molecule has 4 rings (SSSR count). The molecule has 1 amide bonds. The van der Waals surface area contributed by atoms with Crippen LogP contribution in [0.3, 0.4) is 0 Å². The molecule has 1 saturated carbocycles. The van der Waals surface area contributed by atoms with Crippen LogP contribution in [0.25, 0.3) is 0 Å². The average molecular weight is 481 g/mol. The molecule has 1 N–H and O–H groups in total. The van der Waals surface area contributed by atoms with Gasteiger partial charge in [-0.25, -0.2) is 4.79 Å². The molecule has 2 fully saturated rings. The van der Waals surface area contributed by atoms with E-state index in [1.54, 1.807) is 4.90 Å². The first-order valence-corrected chi connectivity index (χ1v) is 12.5. The van der Waals surface area contributed by atoms with Crippen LogP contribution in [0.15, 0.2) is 12.1 Å². The second-order valence-electron chi connectivity index (χ2n) is 10.6. The van der Waals surface area contributed by atoms with E-state index < -0.39 is 23.1 Å². The first kappa shape index (κ1) is 25.0. The Balaban J connectivity index is 1.59. The number of nitrogens with zero attached hydrogens (tertiary/aromatic N) is 2. The van der Waals surface area contributed by atoms with Crippen LogP contribution in [0, 0.1) is 11.3 Å². The predicted molar refractivity (Wildman–Crippen MR) is 122 cm³/mol. The summed E-state index contributed by atoms with van der Waals surface area (Å²) in [6.45, 7) is 6.65. The zero-order valence-corrected chi connectivity index (χ0v) is 20.1. The zero-order chi connectivity index (χ0) is 24.7. The number of carbonyl (C=O) groups is 2. The highest BCUT2D eigenvalue weighted by Gasteiger charge is 2.50. The smallest absolute Gasteiger partial charge is 0.416 e. The van der Waals surface area contributed by atoms with Crippen molar-refractivity contribution in [2.24, 2.45) is 11.3 Å². The standard InChI is InChI=1S/C26H35F3N2O3/c1-17(2)25(9-7-20(15-25)30-10-5-3-4-6-11-30)24(34)31-12-8-21-18(16-31)13-19(26(27,28)29)14-22(21)23(32)33/h13-14,17,20H,3-12,15-16H2,1-2H3,(H,32,33)/t20-,25+/m1/s1. The van der Waals surface area contributed by atoms with Gasteiger partial charge in [0.1, 0.15) is 0 Å². The Kier molecular flexibility index (Phi) is 7.00. The fourth-order valence-electron chi connectivity index (χ4n) is 6.33. The van der Waals surface area contributed by atoms with Crippen molar-refractivity contribution in [2.75, 3.05) is 19.6 Å². The molecule has 1 saturated heterocycles. The van der Waals surface area contributed by atoms with Gasteiger partial charge in [-0.1, -0.05) is 26.7 Å². The highest BCUT2D eigenvalue weighted by Crippen LogP contribution is 2.48. The second-order valence-corrected chi connectivity index (χ2v) is 10.6. The number of hydrogen-bond donors (Lipinski definition) is 1. The van der Waals surface area contributed by atoms with Crippen molar-refractivity contribution in [3.05, 3.63) is 34.4 Å². The van der Waals surface area contributed by atoms with E-state index in [2.05, 4.69) is 18.7 Å². The molecule has 2 aliphatic heterocycles. The molecular formula is C26H35F3N2O3. The predicted octanol–water partition coefficient (Wildman–Crippen LogP) is 5.36. The SMILES string of the molecule is CC(C)[C@]1(C(=O)N2CCc3c(cc(C(F)(F)F)cc3C(=O)O)C2)CC[C@@H](N2CCCCCC2)C1. The molecule has 188 valence electrons. The minimum atomic E-state index is -4.64. The number of likely N-dealkylation sites (tertiary alicyclic amines) is 1. The number of amides is 1. The molecule has 2 heterocycles. The zero-order valence-electron chi connectivity index (χ0n) is 20.1.